The molecule has 7 heteroatoms. The maximum atomic E-state index is 12.5. The van der Waals surface area contributed by atoms with Crippen molar-refractivity contribution >= 4 is 23.8 Å². The lowest BCUT2D eigenvalue weighted by molar-refractivity contribution is -0.141. The molecule has 0 aromatic rings. The van der Waals surface area contributed by atoms with Crippen LogP contribution in [0, 0.1) is 0 Å². The Balaban J connectivity index is 2.06. The fraction of sp³-hybridized carbons (Fsp3) is 0.833. The lowest BCUT2D eigenvalue weighted by Gasteiger charge is -2.38. The van der Waals surface area contributed by atoms with Crippen molar-refractivity contribution in [1.29, 1.82) is 0 Å². The van der Waals surface area contributed by atoms with Gasteiger partial charge in [-0.05, 0) is 25.7 Å². The molecule has 108 valence electrons. The zero-order valence-corrected chi connectivity index (χ0v) is 11.6. The first kappa shape index (κ1) is 14.5. The van der Waals surface area contributed by atoms with E-state index in [0.717, 1.165) is 19.3 Å². The Morgan fingerprint density at radius 1 is 1.26 bits per heavy atom. The monoisotopic (exact) mass is 288 g/mol. The number of aliphatic carboxylic acids is 1. The van der Waals surface area contributed by atoms with E-state index in [1.54, 1.807) is 4.90 Å². The number of piperidine rings is 1. The van der Waals surface area contributed by atoms with Gasteiger partial charge in [0.05, 0.1) is 5.88 Å². The third kappa shape index (κ3) is 3.14. The second-order valence-electron chi connectivity index (χ2n) is 4.96. The van der Waals surface area contributed by atoms with Crippen molar-refractivity contribution in [3.63, 3.8) is 0 Å². The summed E-state index contributed by atoms with van der Waals surface area (Å²) in [7, 11) is 0. The van der Waals surface area contributed by atoms with Crippen molar-refractivity contribution in [1.82, 2.24) is 9.80 Å². The zero-order chi connectivity index (χ0) is 13.8. The van der Waals surface area contributed by atoms with Gasteiger partial charge in [-0.25, -0.2) is 9.59 Å². The summed E-state index contributed by atoms with van der Waals surface area (Å²) in [5.41, 5.74) is 0. The standard InChI is InChI=1S/C12H20N2O4S/c15-6-4-9-3-1-2-5-13(9)12(18)14-8-19-7-10(14)11(16)17/h9-10,15H,1-8H2,(H,16,17). The average molecular weight is 288 g/mol. The van der Waals surface area contributed by atoms with Crippen LogP contribution in [0.3, 0.4) is 0 Å². The van der Waals surface area contributed by atoms with Gasteiger partial charge in [-0.3, -0.25) is 0 Å². The molecule has 2 fully saturated rings. The van der Waals surface area contributed by atoms with Crippen LogP contribution in [0.5, 0.6) is 0 Å². The first-order valence-corrected chi connectivity index (χ1v) is 7.79. The first-order chi connectivity index (χ1) is 9.15. The van der Waals surface area contributed by atoms with E-state index in [4.69, 9.17) is 10.2 Å². The second kappa shape index (κ2) is 6.47. The highest BCUT2D eigenvalue weighted by Gasteiger charge is 2.39. The predicted molar refractivity (Wildman–Crippen MR) is 72.0 cm³/mol. The smallest absolute Gasteiger partial charge is 0.327 e. The summed E-state index contributed by atoms with van der Waals surface area (Å²) in [5, 5.41) is 18.2. The third-order valence-corrected chi connectivity index (χ3v) is 4.76. The lowest BCUT2D eigenvalue weighted by Crippen LogP contribution is -2.53. The normalized spacial score (nSPS) is 27.6. The van der Waals surface area contributed by atoms with Crippen LogP contribution in [-0.4, -0.2) is 68.9 Å². The highest BCUT2D eigenvalue weighted by atomic mass is 32.2. The number of amides is 2. The molecular weight excluding hydrogens is 268 g/mol. The minimum absolute atomic E-state index is 0.0475. The van der Waals surface area contributed by atoms with E-state index in [1.165, 1.54) is 16.7 Å². The number of aliphatic hydroxyl groups is 1. The molecule has 0 spiro atoms. The Morgan fingerprint density at radius 2 is 2.05 bits per heavy atom. The second-order valence-corrected chi connectivity index (χ2v) is 5.96. The summed E-state index contributed by atoms with van der Waals surface area (Å²) >= 11 is 1.47. The van der Waals surface area contributed by atoms with Gasteiger partial charge in [-0.1, -0.05) is 0 Å². The topological polar surface area (TPSA) is 81.1 Å². The average Bonchev–Trinajstić information content (AvgIpc) is 2.88. The summed E-state index contributed by atoms with van der Waals surface area (Å²) in [6.07, 6.45) is 3.48. The molecule has 2 N–H and O–H groups in total. The van der Waals surface area contributed by atoms with Crippen LogP contribution in [-0.2, 0) is 4.79 Å². The number of carbonyl (C=O) groups excluding carboxylic acids is 1. The quantitative estimate of drug-likeness (QED) is 0.803. The van der Waals surface area contributed by atoms with Crippen LogP contribution < -0.4 is 0 Å². The molecule has 2 rings (SSSR count). The van der Waals surface area contributed by atoms with E-state index in [-0.39, 0.29) is 18.7 Å². The van der Waals surface area contributed by atoms with Crippen LogP contribution in [0.15, 0.2) is 0 Å². The number of urea groups is 1. The van der Waals surface area contributed by atoms with Crippen molar-refractivity contribution in [2.24, 2.45) is 0 Å². The van der Waals surface area contributed by atoms with Crippen molar-refractivity contribution in [2.75, 3.05) is 24.8 Å². The molecule has 19 heavy (non-hydrogen) atoms. The number of thioether (sulfide) groups is 1. The van der Waals surface area contributed by atoms with Crippen LogP contribution >= 0.6 is 11.8 Å². The van der Waals surface area contributed by atoms with E-state index < -0.39 is 12.0 Å². The van der Waals surface area contributed by atoms with Crippen molar-refractivity contribution in [2.45, 2.75) is 37.8 Å². The van der Waals surface area contributed by atoms with E-state index >= 15 is 0 Å². The molecule has 0 aliphatic carbocycles. The SMILES string of the molecule is O=C(O)C1CSCN1C(=O)N1CCCCC1CCO. The summed E-state index contributed by atoms with van der Waals surface area (Å²) in [5.74, 6) is -0.0355. The molecule has 0 bridgehead atoms. The summed E-state index contributed by atoms with van der Waals surface area (Å²) in [6, 6.07) is -0.851. The number of aliphatic hydroxyl groups excluding tert-OH is 1. The molecule has 2 unspecified atom stereocenters. The fourth-order valence-electron chi connectivity index (χ4n) is 2.70. The minimum Gasteiger partial charge on any atom is -0.480 e. The van der Waals surface area contributed by atoms with Crippen molar-refractivity contribution in [3.8, 4) is 0 Å². The predicted octanol–water partition coefficient (Wildman–Crippen LogP) is 0.803. The molecule has 0 radical (unpaired) electrons. The molecule has 2 atom stereocenters. The van der Waals surface area contributed by atoms with Crippen LogP contribution in [0.25, 0.3) is 0 Å². The minimum atomic E-state index is -0.936. The highest BCUT2D eigenvalue weighted by molar-refractivity contribution is 7.99. The van der Waals surface area contributed by atoms with Gasteiger partial charge in [0, 0.05) is 24.9 Å². The Bertz CT molecular complexity index is 351. The fourth-order valence-corrected chi connectivity index (χ4v) is 3.84. The Hall–Kier alpha value is -0.950. The first-order valence-electron chi connectivity index (χ1n) is 6.63. The largest absolute Gasteiger partial charge is 0.480 e. The zero-order valence-electron chi connectivity index (χ0n) is 10.8. The van der Waals surface area contributed by atoms with Gasteiger partial charge < -0.3 is 20.0 Å². The van der Waals surface area contributed by atoms with Gasteiger partial charge in [0.15, 0.2) is 0 Å². The lowest BCUT2D eigenvalue weighted by atomic mass is 10.00. The Labute approximate surface area is 116 Å². The molecule has 0 aromatic carbocycles. The number of hydrogen-bond donors (Lipinski definition) is 2. The molecule has 0 aromatic heterocycles. The third-order valence-electron chi connectivity index (χ3n) is 3.75. The maximum Gasteiger partial charge on any atom is 0.327 e. The number of likely N-dealkylation sites (tertiary alicyclic amines) is 1. The number of rotatable bonds is 3. The van der Waals surface area contributed by atoms with Gasteiger partial charge in [0.25, 0.3) is 0 Å². The summed E-state index contributed by atoms with van der Waals surface area (Å²) in [4.78, 5) is 26.8. The van der Waals surface area contributed by atoms with E-state index in [9.17, 15) is 9.59 Å². The number of carbonyl (C=O) groups is 2. The highest BCUT2D eigenvalue weighted by Crippen LogP contribution is 2.26. The number of carboxylic acid groups (broad SMARTS) is 1. The molecular formula is C12H20N2O4S. The summed E-state index contributed by atoms with van der Waals surface area (Å²) in [6.45, 7) is 0.725. The van der Waals surface area contributed by atoms with Gasteiger partial charge in [-0.15, -0.1) is 11.8 Å². The van der Waals surface area contributed by atoms with E-state index in [2.05, 4.69) is 0 Å². The van der Waals surface area contributed by atoms with Gasteiger partial charge in [0.2, 0.25) is 0 Å². The molecule has 2 aliphatic heterocycles. The Morgan fingerprint density at radius 3 is 2.74 bits per heavy atom. The van der Waals surface area contributed by atoms with E-state index in [1.807, 2.05) is 0 Å². The molecule has 2 heterocycles. The summed E-state index contributed by atoms with van der Waals surface area (Å²) < 4.78 is 0. The van der Waals surface area contributed by atoms with Crippen molar-refractivity contribution < 1.29 is 19.8 Å². The van der Waals surface area contributed by atoms with Gasteiger partial charge in [-0.2, -0.15) is 0 Å². The molecule has 2 saturated heterocycles. The number of nitrogens with zero attached hydrogens (tertiary/aromatic N) is 2. The van der Waals surface area contributed by atoms with Crippen LogP contribution in [0.1, 0.15) is 25.7 Å². The molecule has 6 nitrogen and oxygen atoms in total. The van der Waals surface area contributed by atoms with Gasteiger partial charge in [0.1, 0.15) is 6.04 Å². The van der Waals surface area contributed by atoms with E-state index in [0.29, 0.717) is 24.6 Å². The maximum absolute atomic E-state index is 12.5. The van der Waals surface area contributed by atoms with Crippen molar-refractivity contribution in [3.05, 3.63) is 0 Å². The molecule has 0 saturated carbocycles. The van der Waals surface area contributed by atoms with Crippen LogP contribution in [0.2, 0.25) is 0 Å². The van der Waals surface area contributed by atoms with Gasteiger partial charge >= 0.3 is 12.0 Å². The molecule has 2 amide bonds. The molecule has 2 aliphatic rings. The van der Waals surface area contributed by atoms with Crippen LogP contribution in [0.4, 0.5) is 4.79 Å². The number of hydrogen-bond acceptors (Lipinski definition) is 4. The number of carboxylic acids is 1. The Kier molecular flexibility index (Phi) is 4.93.